The van der Waals surface area contributed by atoms with Crippen LogP contribution in [0.3, 0.4) is 0 Å². The van der Waals surface area contributed by atoms with Crippen LogP contribution in [0.5, 0.6) is 0 Å². The quantitative estimate of drug-likeness (QED) is 0.174. The Morgan fingerprint density at radius 1 is 1.02 bits per heavy atom. The van der Waals surface area contributed by atoms with Crippen molar-refractivity contribution in [2.24, 2.45) is 0 Å². The fourth-order valence-electron chi connectivity index (χ4n) is 4.18. The molecule has 3 aromatic rings. The SMILES string of the molecule is CC(C)(C)[S+]([O-])NCc1cc(-c2ccnc(N3CCOCC3)c2)cc(Cl)c1Sc1ncccc1CO[Si](C)(C)C(C)(C)C. The number of morpholine rings is 1. The molecular formula is C32H45ClN4O3S2Si. The number of anilines is 1. The fraction of sp³-hybridized carbons (Fsp3) is 0.500. The van der Waals surface area contributed by atoms with Gasteiger partial charge in [0.05, 0.1) is 31.4 Å². The lowest BCUT2D eigenvalue weighted by Crippen LogP contribution is -2.40. The van der Waals surface area contributed by atoms with Crippen molar-refractivity contribution in [3.05, 3.63) is 64.9 Å². The van der Waals surface area contributed by atoms with Crippen LogP contribution in [0.25, 0.3) is 11.1 Å². The highest BCUT2D eigenvalue weighted by Gasteiger charge is 2.37. The first-order valence-corrected chi connectivity index (χ1v) is 19.9. The van der Waals surface area contributed by atoms with Gasteiger partial charge >= 0.3 is 0 Å². The summed E-state index contributed by atoms with van der Waals surface area (Å²) in [7, 11) is -1.95. The summed E-state index contributed by atoms with van der Waals surface area (Å²) in [4.78, 5) is 12.5. The highest BCUT2D eigenvalue weighted by Crippen LogP contribution is 2.41. The molecule has 1 N–H and O–H groups in total. The number of nitrogens with one attached hydrogen (secondary N) is 1. The van der Waals surface area contributed by atoms with Gasteiger partial charge in [-0.15, -0.1) is 4.72 Å². The summed E-state index contributed by atoms with van der Waals surface area (Å²) in [5.41, 5.74) is 3.98. The molecule has 1 aromatic carbocycles. The zero-order chi connectivity index (χ0) is 31.4. The highest BCUT2D eigenvalue weighted by atomic mass is 35.5. The van der Waals surface area contributed by atoms with E-state index in [9.17, 15) is 4.55 Å². The van der Waals surface area contributed by atoms with Crippen LogP contribution in [0.4, 0.5) is 5.82 Å². The number of hydrogen-bond acceptors (Lipinski definition) is 8. The zero-order valence-corrected chi connectivity index (χ0v) is 30.0. The minimum absolute atomic E-state index is 0.109. The molecule has 0 amide bonds. The summed E-state index contributed by atoms with van der Waals surface area (Å²) in [6.07, 6.45) is 3.64. The van der Waals surface area contributed by atoms with Gasteiger partial charge in [0.1, 0.15) is 15.6 Å². The fourth-order valence-corrected chi connectivity index (χ4v) is 7.19. The van der Waals surface area contributed by atoms with Crippen LogP contribution < -0.4 is 9.62 Å². The molecule has 4 rings (SSSR count). The molecular weight excluding hydrogens is 616 g/mol. The molecule has 1 fully saturated rings. The van der Waals surface area contributed by atoms with Crippen molar-refractivity contribution in [1.82, 2.24) is 14.7 Å². The van der Waals surface area contributed by atoms with Crippen molar-refractivity contribution in [3.8, 4) is 11.1 Å². The first-order valence-electron chi connectivity index (χ1n) is 14.7. The van der Waals surface area contributed by atoms with E-state index in [2.05, 4.69) is 66.7 Å². The third-order valence-electron chi connectivity index (χ3n) is 7.93. The average Bonchev–Trinajstić information content (AvgIpc) is 2.96. The number of aromatic nitrogens is 2. The van der Waals surface area contributed by atoms with Crippen molar-refractivity contribution >= 4 is 48.9 Å². The number of halogens is 1. The molecule has 0 bridgehead atoms. The second-order valence-corrected chi connectivity index (χ2v) is 21.5. The summed E-state index contributed by atoms with van der Waals surface area (Å²) in [6, 6.07) is 12.3. The molecule has 2 aromatic heterocycles. The average molecular weight is 661 g/mol. The number of pyridine rings is 2. The maximum Gasteiger partial charge on any atom is 0.192 e. The smallest absolute Gasteiger partial charge is 0.192 e. The Bertz CT molecular complexity index is 1390. The third-order valence-corrected chi connectivity index (χ3v) is 15.6. The van der Waals surface area contributed by atoms with Crippen molar-refractivity contribution < 1.29 is 13.7 Å². The minimum atomic E-state index is -1.95. The molecule has 1 unspecified atom stereocenters. The van der Waals surface area contributed by atoms with Gasteiger partial charge in [-0.05, 0) is 85.9 Å². The van der Waals surface area contributed by atoms with Gasteiger partial charge in [0.15, 0.2) is 8.32 Å². The van der Waals surface area contributed by atoms with Crippen LogP contribution >= 0.6 is 23.4 Å². The number of ether oxygens (including phenoxy) is 1. The molecule has 11 heteroatoms. The Morgan fingerprint density at radius 3 is 2.42 bits per heavy atom. The maximum absolute atomic E-state index is 13.0. The summed E-state index contributed by atoms with van der Waals surface area (Å²) < 4.78 is 27.9. The number of hydrogen-bond donors (Lipinski definition) is 1. The Balaban J connectivity index is 1.68. The first kappa shape index (κ1) is 34.2. The molecule has 0 saturated carbocycles. The molecule has 1 saturated heterocycles. The van der Waals surface area contributed by atoms with E-state index in [1.807, 2.05) is 45.2 Å². The van der Waals surface area contributed by atoms with Crippen molar-refractivity contribution in [3.63, 3.8) is 0 Å². The highest BCUT2D eigenvalue weighted by molar-refractivity contribution is 7.99. The maximum atomic E-state index is 13.0. The van der Waals surface area contributed by atoms with Gasteiger partial charge in [0.2, 0.25) is 0 Å². The first-order chi connectivity index (χ1) is 20.2. The van der Waals surface area contributed by atoms with Crippen molar-refractivity contribution in [2.45, 2.75) is 87.5 Å². The van der Waals surface area contributed by atoms with Gasteiger partial charge < -0.3 is 18.6 Å². The van der Waals surface area contributed by atoms with Crippen LogP contribution in [0.15, 0.2) is 58.7 Å². The normalized spacial score (nSPS) is 15.5. The predicted octanol–water partition coefficient (Wildman–Crippen LogP) is 7.86. The molecule has 1 atom stereocenters. The van der Waals surface area contributed by atoms with E-state index in [1.165, 1.54) is 11.8 Å². The van der Waals surface area contributed by atoms with E-state index < -0.39 is 24.4 Å². The van der Waals surface area contributed by atoms with Crippen molar-refractivity contribution in [2.75, 3.05) is 31.2 Å². The van der Waals surface area contributed by atoms with Gasteiger partial charge in [-0.2, -0.15) is 0 Å². The second-order valence-electron chi connectivity index (χ2n) is 13.3. The second kappa shape index (κ2) is 14.2. The Kier molecular flexibility index (Phi) is 11.3. The third kappa shape index (κ3) is 8.98. The van der Waals surface area contributed by atoms with Gasteiger partial charge in [0.25, 0.3) is 0 Å². The summed E-state index contributed by atoms with van der Waals surface area (Å²) in [5.74, 6) is 0.920. The van der Waals surface area contributed by atoms with E-state index in [4.69, 9.17) is 25.7 Å². The van der Waals surface area contributed by atoms with E-state index in [0.717, 1.165) is 51.1 Å². The zero-order valence-electron chi connectivity index (χ0n) is 26.6. The van der Waals surface area contributed by atoms with Gasteiger partial charge in [-0.3, -0.25) is 0 Å². The van der Waals surface area contributed by atoms with E-state index >= 15 is 0 Å². The van der Waals surface area contributed by atoms with E-state index in [1.54, 1.807) is 6.20 Å². The van der Waals surface area contributed by atoms with Gasteiger partial charge in [-0.1, -0.05) is 50.2 Å². The van der Waals surface area contributed by atoms with Crippen molar-refractivity contribution in [1.29, 1.82) is 0 Å². The summed E-state index contributed by atoms with van der Waals surface area (Å²) >= 11 is 7.36. The molecule has 43 heavy (non-hydrogen) atoms. The minimum Gasteiger partial charge on any atom is -0.598 e. The summed E-state index contributed by atoms with van der Waals surface area (Å²) in [5, 5.41) is 1.58. The van der Waals surface area contributed by atoms with Crippen LogP contribution in [-0.2, 0) is 33.7 Å². The van der Waals surface area contributed by atoms with Gasteiger partial charge in [0, 0.05) is 47.3 Å². The molecule has 1 aliphatic heterocycles. The van der Waals surface area contributed by atoms with Gasteiger partial charge in [-0.25, -0.2) is 9.97 Å². The Morgan fingerprint density at radius 2 is 1.74 bits per heavy atom. The largest absolute Gasteiger partial charge is 0.598 e. The van der Waals surface area contributed by atoms with E-state index in [0.29, 0.717) is 31.4 Å². The predicted molar refractivity (Wildman–Crippen MR) is 183 cm³/mol. The molecule has 0 radical (unpaired) electrons. The molecule has 1 aliphatic rings. The number of benzene rings is 1. The van der Waals surface area contributed by atoms with Crippen LogP contribution in [0, 0.1) is 0 Å². The molecule has 0 aliphatic carbocycles. The molecule has 3 heterocycles. The monoisotopic (exact) mass is 660 g/mol. The lowest BCUT2D eigenvalue weighted by molar-refractivity contribution is 0.122. The summed E-state index contributed by atoms with van der Waals surface area (Å²) in [6.45, 7) is 21.0. The number of rotatable bonds is 10. The van der Waals surface area contributed by atoms with Crippen LogP contribution in [0.2, 0.25) is 23.2 Å². The Labute approximate surface area is 271 Å². The number of nitrogens with zero attached hydrogens (tertiary/aromatic N) is 3. The van der Waals surface area contributed by atoms with E-state index in [-0.39, 0.29) is 5.04 Å². The Hall–Kier alpha value is -1.63. The van der Waals surface area contributed by atoms with Crippen LogP contribution in [0.1, 0.15) is 52.7 Å². The van der Waals surface area contributed by atoms with Crippen LogP contribution in [-0.4, -0.2) is 53.9 Å². The lowest BCUT2D eigenvalue weighted by Gasteiger charge is -2.36. The lowest BCUT2D eigenvalue weighted by atomic mass is 10.0. The topological polar surface area (TPSA) is 82.6 Å². The standard InChI is InChI=1S/C32H45ClN4O3S2Si/c1-31(2,3)42(38)36-21-26-18-25(23-11-13-34-28(20-23)37-14-16-39-17-15-37)19-27(33)29(26)41-30-24(10-9-12-35-30)22-40-43(7,8)32(4,5)6/h9-13,18-20,36H,14-17,21-22H2,1-8H3. The molecule has 234 valence electrons. The molecule has 7 nitrogen and oxygen atoms in total. The molecule has 0 spiro atoms.